The zero-order valence-electron chi connectivity index (χ0n) is 16.2. The second kappa shape index (κ2) is 8.84. The van der Waals surface area contributed by atoms with E-state index in [9.17, 15) is 4.79 Å². The second-order valence-corrected chi connectivity index (χ2v) is 7.65. The van der Waals surface area contributed by atoms with Crippen molar-refractivity contribution >= 4 is 17.2 Å². The average molecular weight is 403 g/mol. The van der Waals surface area contributed by atoms with Gasteiger partial charge in [0, 0.05) is 17.1 Å². The van der Waals surface area contributed by atoms with Gasteiger partial charge < -0.3 is 5.32 Å². The van der Waals surface area contributed by atoms with Gasteiger partial charge in [0.05, 0.1) is 29.4 Å². The molecule has 4 aromatic rings. The molecular formula is C23H22N4OS. The quantitative estimate of drug-likeness (QED) is 0.493. The molecule has 4 rings (SSSR count). The zero-order chi connectivity index (χ0) is 20.1. The molecule has 1 amide bonds. The van der Waals surface area contributed by atoms with Crippen molar-refractivity contribution in [2.24, 2.45) is 0 Å². The maximum Gasteiger partial charge on any atom is 0.255 e. The first-order valence-corrected chi connectivity index (χ1v) is 10.5. The predicted molar refractivity (Wildman–Crippen MR) is 116 cm³/mol. The van der Waals surface area contributed by atoms with Crippen molar-refractivity contribution in [2.75, 3.05) is 0 Å². The number of rotatable bonds is 7. The van der Waals surface area contributed by atoms with Crippen molar-refractivity contribution in [1.82, 2.24) is 20.1 Å². The van der Waals surface area contributed by atoms with Gasteiger partial charge in [0.1, 0.15) is 5.69 Å². The summed E-state index contributed by atoms with van der Waals surface area (Å²) in [6, 6.07) is 19.9. The number of thiazole rings is 1. The van der Waals surface area contributed by atoms with Gasteiger partial charge in [-0.05, 0) is 12.0 Å². The standard InChI is InChI=1S/C23H22N4OS/c1-2-21-25-19(16-29-21)13-24-23(28)20-15-27(14-17-9-5-3-6-10-17)26-22(20)18-11-7-4-8-12-18/h3-12,15-16H,2,13-14H2,1H3,(H,24,28). The molecule has 146 valence electrons. The summed E-state index contributed by atoms with van der Waals surface area (Å²) in [5.74, 6) is -0.144. The lowest BCUT2D eigenvalue weighted by atomic mass is 10.1. The van der Waals surface area contributed by atoms with Gasteiger partial charge in [0.25, 0.3) is 5.91 Å². The lowest BCUT2D eigenvalue weighted by Crippen LogP contribution is -2.23. The second-order valence-electron chi connectivity index (χ2n) is 6.71. The Morgan fingerprint density at radius 2 is 1.79 bits per heavy atom. The number of nitrogens with one attached hydrogen (secondary N) is 1. The fourth-order valence-electron chi connectivity index (χ4n) is 3.11. The largest absolute Gasteiger partial charge is 0.346 e. The van der Waals surface area contributed by atoms with E-state index in [2.05, 4.69) is 29.4 Å². The monoisotopic (exact) mass is 402 g/mol. The van der Waals surface area contributed by atoms with E-state index in [-0.39, 0.29) is 5.91 Å². The van der Waals surface area contributed by atoms with Crippen LogP contribution in [-0.2, 0) is 19.5 Å². The summed E-state index contributed by atoms with van der Waals surface area (Å²) in [5, 5.41) is 10.8. The molecule has 0 spiro atoms. The number of aryl methyl sites for hydroxylation is 1. The first-order valence-electron chi connectivity index (χ1n) is 9.61. The molecule has 0 saturated carbocycles. The molecule has 0 aliphatic carbocycles. The molecule has 0 aliphatic rings. The molecule has 6 heteroatoms. The van der Waals surface area contributed by atoms with E-state index in [1.54, 1.807) is 11.3 Å². The van der Waals surface area contributed by atoms with Crippen LogP contribution in [0.1, 0.15) is 33.5 Å². The minimum atomic E-state index is -0.144. The van der Waals surface area contributed by atoms with Crippen molar-refractivity contribution < 1.29 is 4.79 Å². The van der Waals surface area contributed by atoms with E-state index < -0.39 is 0 Å². The third-order valence-corrected chi connectivity index (χ3v) is 5.61. The topological polar surface area (TPSA) is 59.8 Å². The molecule has 0 atom stereocenters. The third-order valence-electron chi connectivity index (χ3n) is 4.57. The highest BCUT2D eigenvalue weighted by Gasteiger charge is 2.18. The summed E-state index contributed by atoms with van der Waals surface area (Å²) in [6.07, 6.45) is 2.73. The number of benzene rings is 2. The van der Waals surface area contributed by atoms with E-state index in [0.717, 1.165) is 28.2 Å². The lowest BCUT2D eigenvalue weighted by molar-refractivity contribution is 0.0951. The SMILES string of the molecule is CCc1nc(CNC(=O)c2cn(Cc3ccccc3)nc2-c2ccccc2)cs1. The summed E-state index contributed by atoms with van der Waals surface area (Å²) >= 11 is 1.62. The van der Waals surface area contributed by atoms with E-state index in [1.165, 1.54) is 0 Å². The number of nitrogens with zero attached hydrogens (tertiary/aromatic N) is 3. The Hall–Kier alpha value is -3.25. The first-order chi connectivity index (χ1) is 14.2. The molecule has 29 heavy (non-hydrogen) atoms. The third kappa shape index (κ3) is 4.60. The van der Waals surface area contributed by atoms with Crippen LogP contribution >= 0.6 is 11.3 Å². The van der Waals surface area contributed by atoms with Crippen LogP contribution in [0.5, 0.6) is 0 Å². The molecule has 0 unspecified atom stereocenters. The Kier molecular flexibility index (Phi) is 5.81. The van der Waals surface area contributed by atoms with Gasteiger partial charge in [0.2, 0.25) is 0 Å². The van der Waals surface area contributed by atoms with E-state index in [4.69, 9.17) is 5.10 Å². The van der Waals surface area contributed by atoms with Crippen LogP contribution in [0.4, 0.5) is 0 Å². The Bertz CT molecular complexity index is 1090. The average Bonchev–Trinajstić information content (AvgIpc) is 3.40. The molecule has 0 bridgehead atoms. The maximum absolute atomic E-state index is 13.0. The minimum Gasteiger partial charge on any atom is -0.346 e. The lowest BCUT2D eigenvalue weighted by Gasteiger charge is -2.04. The van der Waals surface area contributed by atoms with Gasteiger partial charge in [-0.25, -0.2) is 4.98 Å². The van der Waals surface area contributed by atoms with Gasteiger partial charge in [-0.15, -0.1) is 11.3 Å². The van der Waals surface area contributed by atoms with Crippen LogP contribution in [0.3, 0.4) is 0 Å². The minimum absolute atomic E-state index is 0.144. The summed E-state index contributed by atoms with van der Waals surface area (Å²) in [7, 11) is 0. The molecule has 2 aromatic carbocycles. The molecule has 2 aromatic heterocycles. The van der Waals surface area contributed by atoms with E-state index >= 15 is 0 Å². The van der Waals surface area contributed by atoms with Gasteiger partial charge >= 0.3 is 0 Å². The Balaban J connectivity index is 1.58. The molecule has 0 aliphatic heterocycles. The molecule has 2 heterocycles. The number of carbonyl (C=O) groups excluding carboxylic acids is 1. The van der Waals surface area contributed by atoms with Crippen molar-refractivity contribution in [2.45, 2.75) is 26.4 Å². The van der Waals surface area contributed by atoms with Crippen molar-refractivity contribution in [1.29, 1.82) is 0 Å². The number of hydrogen-bond donors (Lipinski definition) is 1. The van der Waals surface area contributed by atoms with Crippen LogP contribution in [-0.4, -0.2) is 20.7 Å². The normalized spacial score (nSPS) is 10.8. The molecule has 0 fully saturated rings. The van der Waals surface area contributed by atoms with Crippen molar-refractivity contribution in [3.05, 3.63) is 94.1 Å². The van der Waals surface area contributed by atoms with Crippen LogP contribution in [0.25, 0.3) is 11.3 Å². The molecule has 5 nitrogen and oxygen atoms in total. The molecular weight excluding hydrogens is 380 g/mol. The van der Waals surface area contributed by atoms with E-state index in [1.807, 2.05) is 64.8 Å². The van der Waals surface area contributed by atoms with Crippen LogP contribution < -0.4 is 5.32 Å². The van der Waals surface area contributed by atoms with Crippen LogP contribution in [0.15, 0.2) is 72.2 Å². The predicted octanol–water partition coefficient (Wildman–Crippen LogP) is 4.55. The number of hydrogen-bond acceptors (Lipinski definition) is 4. The van der Waals surface area contributed by atoms with E-state index in [0.29, 0.717) is 24.3 Å². The van der Waals surface area contributed by atoms with Gasteiger partial charge in [-0.3, -0.25) is 9.48 Å². The number of aromatic nitrogens is 3. The summed E-state index contributed by atoms with van der Waals surface area (Å²) < 4.78 is 1.82. The van der Waals surface area contributed by atoms with Gasteiger partial charge in [-0.2, -0.15) is 5.10 Å². The Morgan fingerprint density at radius 1 is 1.07 bits per heavy atom. The molecule has 1 N–H and O–H groups in total. The molecule has 0 saturated heterocycles. The summed E-state index contributed by atoms with van der Waals surface area (Å²) in [5.41, 5.74) is 4.20. The number of carbonyl (C=O) groups is 1. The summed E-state index contributed by atoms with van der Waals surface area (Å²) in [4.78, 5) is 17.5. The smallest absolute Gasteiger partial charge is 0.255 e. The Labute approximate surface area is 174 Å². The maximum atomic E-state index is 13.0. The molecule has 0 radical (unpaired) electrons. The zero-order valence-corrected chi connectivity index (χ0v) is 17.0. The highest BCUT2D eigenvalue weighted by Crippen LogP contribution is 2.22. The number of amides is 1. The fraction of sp³-hybridized carbons (Fsp3) is 0.174. The Morgan fingerprint density at radius 3 is 2.48 bits per heavy atom. The highest BCUT2D eigenvalue weighted by atomic mass is 32.1. The van der Waals surface area contributed by atoms with Crippen molar-refractivity contribution in [3.8, 4) is 11.3 Å². The van der Waals surface area contributed by atoms with Crippen molar-refractivity contribution in [3.63, 3.8) is 0 Å². The van der Waals surface area contributed by atoms with Crippen LogP contribution in [0, 0.1) is 0 Å². The van der Waals surface area contributed by atoms with Gasteiger partial charge in [0.15, 0.2) is 0 Å². The van der Waals surface area contributed by atoms with Crippen LogP contribution in [0.2, 0.25) is 0 Å². The fourth-order valence-corrected chi connectivity index (χ4v) is 3.85. The summed E-state index contributed by atoms with van der Waals surface area (Å²) in [6.45, 7) is 3.10. The first kappa shape index (κ1) is 19.1. The van der Waals surface area contributed by atoms with Gasteiger partial charge in [-0.1, -0.05) is 67.6 Å². The highest BCUT2D eigenvalue weighted by molar-refractivity contribution is 7.09.